The lowest BCUT2D eigenvalue weighted by Gasteiger charge is -2.45. The molecule has 4 aromatic carbocycles. The Balaban J connectivity index is 1.18. The molecule has 7 rings (SSSR count). The number of hydrogen-bond acceptors (Lipinski definition) is 10. The third-order valence-corrected chi connectivity index (χ3v) is 12.6. The number of esters is 2. The zero-order valence-electron chi connectivity index (χ0n) is 39.7. The van der Waals surface area contributed by atoms with Crippen LogP contribution in [0.2, 0.25) is 0 Å². The zero-order chi connectivity index (χ0) is 52.4. The predicted molar refractivity (Wildman–Crippen MR) is 255 cm³/mol. The number of nitrogens with zero attached hydrogens (tertiary/aromatic N) is 6. The van der Waals surface area contributed by atoms with Crippen molar-refractivity contribution >= 4 is 52.7 Å². The molecule has 0 bridgehead atoms. The second-order valence-electron chi connectivity index (χ2n) is 17.1. The van der Waals surface area contributed by atoms with E-state index >= 15 is 0 Å². The molecule has 21 heteroatoms. The predicted octanol–water partition coefficient (Wildman–Crippen LogP) is 8.89. The maximum atomic E-state index is 14.8. The summed E-state index contributed by atoms with van der Waals surface area (Å²) in [6.07, 6.45) is -9.53. The number of allylic oxidation sites excluding steroid dienone is 2. The van der Waals surface area contributed by atoms with E-state index in [1.165, 1.54) is 47.9 Å². The minimum Gasteiger partial charge on any atom is -0.463 e. The van der Waals surface area contributed by atoms with Crippen molar-refractivity contribution in [3.8, 4) is 0 Å². The molecule has 0 aromatic heterocycles. The highest BCUT2D eigenvalue weighted by Crippen LogP contribution is 2.44. The molecule has 4 N–H and O–H groups in total. The fourth-order valence-corrected chi connectivity index (χ4v) is 9.08. The maximum absolute atomic E-state index is 14.8. The Labute approximate surface area is 411 Å². The van der Waals surface area contributed by atoms with Gasteiger partial charge in [-0.2, -0.15) is 26.3 Å². The quantitative estimate of drug-likeness (QED) is 0.0748. The van der Waals surface area contributed by atoms with Gasteiger partial charge >= 0.3 is 36.4 Å². The van der Waals surface area contributed by atoms with Crippen LogP contribution in [0.5, 0.6) is 0 Å². The number of carbonyl (C=O) groups excluding carboxylic acids is 5. The second-order valence-corrected chi connectivity index (χ2v) is 17.1. The summed E-state index contributed by atoms with van der Waals surface area (Å²) in [5.74, 6) is -2.26. The molecule has 1 unspecified atom stereocenters. The Hall–Kier alpha value is -7.97. The van der Waals surface area contributed by atoms with Gasteiger partial charge in [0.15, 0.2) is 0 Å². The molecule has 0 spiro atoms. The van der Waals surface area contributed by atoms with Crippen molar-refractivity contribution in [1.82, 2.24) is 19.6 Å². The summed E-state index contributed by atoms with van der Waals surface area (Å²) in [5, 5.41) is 0. The highest BCUT2D eigenvalue weighted by molar-refractivity contribution is 6.05. The van der Waals surface area contributed by atoms with Gasteiger partial charge in [0.1, 0.15) is 6.54 Å². The summed E-state index contributed by atoms with van der Waals surface area (Å²) in [5.41, 5.74) is 11.4. The van der Waals surface area contributed by atoms with Gasteiger partial charge in [0.25, 0.3) is 0 Å². The van der Waals surface area contributed by atoms with Crippen LogP contribution in [0.15, 0.2) is 132 Å². The lowest BCUT2D eigenvalue weighted by Crippen LogP contribution is -2.56. The van der Waals surface area contributed by atoms with Gasteiger partial charge in [0.05, 0.1) is 65.5 Å². The van der Waals surface area contributed by atoms with Crippen molar-refractivity contribution in [2.24, 2.45) is 0 Å². The van der Waals surface area contributed by atoms with Crippen molar-refractivity contribution in [1.29, 1.82) is 0 Å². The normalized spacial score (nSPS) is 18.0. The summed E-state index contributed by atoms with van der Waals surface area (Å²) in [4.78, 5) is 79.4. The highest BCUT2D eigenvalue weighted by atomic mass is 19.4. The topological polar surface area (TPSA) is 175 Å². The number of carbonyl (C=O) groups is 5. The molecule has 3 aliphatic rings. The van der Waals surface area contributed by atoms with Crippen LogP contribution in [-0.4, -0.2) is 102 Å². The molecular weight excluding hydrogens is 951 g/mol. The van der Waals surface area contributed by atoms with Gasteiger partial charge in [-0.25, -0.2) is 19.2 Å². The lowest BCUT2D eigenvalue weighted by molar-refractivity contribution is -0.140. The summed E-state index contributed by atoms with van der Waals surface area (Å²) in [6, 6.07) is 16.7. The standard InChI is InChI=1S/C51H52F6N8O7/c1-6-71-46(67)42-31(4)64(39-12-8-10-35(26-39)50(52,53)54)48(69)62(44(42)33-14-18-37(58)19-15-33)28-30(3)60-22-24-61(25-23-60)41(66)29-63-45(34-16-20-38(59)21-17-34)43(47(68)72-7-2)32(5)65(49(63)70)40-13-9-11-36(27-40)51(55,56)57/h8-21,26-27,44-45H,3,6-7,22-25,28-29,58-59H2,1-2,4-5H3/t44?,45-/m1/s1. The van der Waals surface area contributed by atoms with E-state index in [1.807, 2.05) is 0 Å². The summed E-state index contributed by atoms with van der Waals surface area (Å²) in [6.45, 7) is 9.61. The maximum Gasteiger partial charge on any atom is 0.416 e. The minimum absolute atomic E-state index is 0.0146. The average Bonchev–Trinajstić information content (AvgIpc) is 3.33. The van der Waals surface area contributed by atoms with Crippen LogP contribution in [-0.2, 0) is 36.2 Å². The first-order valence-corrected chi connectivity index (χ1v) is 22.8. The largest absolute Gasteiger partial charge is 0.463 e. The molecule has 4 aromatic rings. The van der Waals surface area contributed by atoms with Gasteiger partial charge in [0.2, 0.25) is 5.91 Å². The molecule has 5 amide bonds. The van der Waals surface area contributed by atoms with Gasteiger partial charge in [-0.3, -0.25) is 14.6 Å². The monoisotopic (exact) mass is 1000 g/mol. The van der Waals surface area contributed by atoms with Gasteiger partial charge in [-0.15, -0.1) is 0 Å². The number of halogens is 6. The Morgan fingerprint density at radius 3 is 1.35 bits per heavy atom. The summed E-state index contributed by atoms with van der Waals surface area (Å²) >= 11 is 0. The van der Waals surface area contributed by atoms with Crippen LogP contribution < -0.4 is 21.3 Å². The zero-order valence-corrected chi connectivity index (χ0v) is 39.7. The first-order chi connectivity index (χ1) is 34.0. The van der Waals surface area contributed by atoms with E-state index in [-0.39, 0.29) is 79.9 Å². The summed E-state index contributed by atoms with van der Waals surface area (Å²) < 4.78 is 94.9. The molecule has 3 heterocycles. The number of ether oxygens (including phenoxy) is 2. The van der Waals surface area contributed by atoms with Gasteiger partial charge in [-0.1, -0.05) is 43.0 Å². The highest BCUT2D eigenvalue weighted by Gasteiger charge is 2.47. The van der Waals surface area contributed by atoms with Crippen LogP contribution in [0.25, 0.3) is 0 Å². The third kappa shape index (κ3) is 10.5. The lowest BCUT2D eigenvalue weighted by atomic mass is 9.92. The number of hydrogen-bond donors (Lipinski definition) is 2. The van der Waals surface area contributed by atoms with Crippen LogP contribution >= 0.6 is 0 Å². The van der Waals surface area contributed by atoms with E-state index in [0.717, 1.165) is 51.1 Å². The Bertz CT molecular complexity index is 2630. The Morgan fingerprint density at radius 1 is 0.597 bits per heavy atom. The fourth-order valence-electron chi connectivity index (χ4n) is 9.08. The first kappa shape index (κ1) is 51.9. The number of urea groups is 2. The molecule has 0 aliphatic carbocycles. The number of rotatable bonds is 13. The van der Waals surface area contributed by atoms with E-state index in [4.69, 9.17) is 20.9 Å². The first-order valence-electron chi connectivity index (χ1n) is 22.8. The van der Waals surface area contributed by atoms with Crippen molar-refractivity contribution in [2.75, 3.05) is 73.7 Å². The molecule has 1 fully saturated rings. The van der Waals surface area contributed by atoms with E-state index in [1.54, 1.807) is 55.1 Å². The molecule has 3 aliphatic heterocycles. The average molecular weight is 1000 g/mol. The van der Waals surface area contributed by atoms with Gasteiger partial charge < -0.3 is 40.5 Å². The molecule has 2 atom stereocenters. The Morgan fingerprint density at radius 2 is 0.972 bits per heavy atom. The fraction of sp³-hybridized carbons (Fsp3) is 0.314. The number of nitrogens with two attached hydrogens (primary N) is 2. The van der Waals surface area contributed by atoms with E-state index in [2.05, 4.69) is 6.58 Å². The van der Waals surface area contributed by atoms with Crippen LogP contribution in [0.3, 0.4) is 0 Å². The van der Waals surface area contributed by atoms with Gasteiger partial charge in [-0.05, 0) is 99.5 Å². The van der Waals surface area contributed by atoms with E-state index in [0.29, 0.717) is 28.2 Å². The van der Waals surface area contributed by atoms with Crippen LogP contribution in [0.1, 0.15) is 62.0 Å². The number of nitrogen functional groups attached to an aromatic ring is 2. The number of alkyl halides is 6. The van der Waals surface area contributed by atoms with Gasteiger partial charge in [0, 0.05) is 54.6 Å². The molecular formula is C51H52F6N8O7. The van der Waals surface area contributed by atoms with E-state index < -0.39 is 72.0 Å². The van der Waals surface area contributed by atoms with E-state index in [9.17, 15) is 50.3 Å². The van der Waals surface area contributed by atoms with Crippen molar-refractivity contribution in [3.63, 3.8) is 0 Å². The molecule has 72 heavy (non-hydrogen) atoms. The van der Waals surface area contributed by atoms with Crippen LogP contribution in [0.4, 0.5) is 58.7 Å². The Kier molecular flexibility index (Phi) is 15.0. The molecule has 15 nitrogen and oxygen atoms in total. The SMILES string of the molecule is C=C(CN1C(=O)N(c2cccc(C(F)(F)F)c2)C(C)=C(C(=O)OCC)C1c1ccc(N)cc1)N1CCN(C(=O)CN2C(=O)N(c3cccc(C(F)(F)F)c3)C(C)=C(C(=O)OCC)[C@H]2c2ccc(N)cc2)CC1. The van der Waals surface area contributed by atoms with Crippen molar-refractivity contribution in [3.05, 3.63) is 154 Å². The number of anilines is 4. The number of piperazine rings is 1. The molecule has 0 saturated carbocycles. The smallest absolute Gasteiger partial charge is 0.416 e. The second kappa shape index (κ2) is 20.8. The molecule has 0 radical (unpaired) electrons. The molecule has 1 saturated heterocycles. The number of benzene rings is 4. The van der Waals surface area contributed by atoms with Crippen LogP contribution in [0, 0.1) is 0 Å². The summed E-state index contributed by atoms with van der Waals surface area (Å²) in [7, 11) is 0. The van der Waals surface area contributed by atoms with Crippen molar-refractivity contribution < 1.29 is 59.8 Å². The molecule has 380 valence electrons. The third-order valence-electron chi connectivity index (χ3n) is 12.6. The van der Waals surface area contributed by atoms with Crippen molar-refractivity contribution in [2.45, 2.75) is 52.1 Å². The minimum atomic E-state index is -4.78. The number of amides is 5.